The first-order chi connectivity index (χ1) is 10.1. The van der Waals surface area contributed by atoms with Gasteiger partial charge in [0.2, 0.25) is 5.16 Å². The molecule has 0 atom stereocenters. The molecule has 1 aliphatic carbocycles. The van der Waals surface area contributed by atoms with E-state index in [2.05, 4.69) is 15.5 Å². The standard InChI is InChI=1S/C14H16N4O2S/c1-9-6-7-11(13(19)20)12(8-9)21-14-15-16-17-18(14)10-4-2-3-5-10/h6-8,10H,2-5H2,1H3,(H,19,20). The molecular weight excluding hydrogens is 288 g/mol. The molecule has 1 aliphatic rings. The molecule has 1 aromatic carbocycles. The molecule has 0 bridgehead atoms. The van der Waals surface area contributed by atoms with Gasteiger partial charge in [0.1, 0.15) is 0 Å². The quantitative estimate of drug-likeness (QED) is 0.935. The predicted molar refractivity (Wildman–Crippen MR) is 77.6 cm³/mol. The molecule has 1 saturated carbocycles. The van der Waals surface area contributed by atoms with Crippen molar-refractivity contribution >= 4 is 17.7 Å². The van der Waals surface area contributed by atoms with Crippen LogP contribution in [0.4, 0.5) is 0 Å². The maximum Gasteiger partial charge on any atom is 0.336 e. The second-order valence-corrected chi connectivity index (χ2v) is 6.26. The number of rotatable bonds is 4. The Kier molecular flexibility index (Phi) is 3.92. The number of aromatic nitrogens is 4. The highest BCUT2D eigenvalue weighted by atomic mass is 32.2. The molecule has 2 aromatic rings. The molecule has 0 aliphatic heterocycles. The van der Waals surface area contributed by atoms with Gasteiger partial charge in [-0.1, -0.05) is 18.9 Å². The molecule has 110 valence electrons. The number of carboxylic acids is 1. The Hall–Kier alpha value is -1.89. The number of tetrazole rings is 1. The Balaban J connectivity index is 1.92. The van der Waals surface area contributed by atoms with Gasteiger partial charge in [-0.05, 0) is 59.7 Å². The van der Waals surface area contributed by atoms with Crippen molar-refractivity contribution in [2.45, 2.75) is 48.7 Å². The zero-order valence-electron chi connectivity index (χ0n) is 11.7. The second-order valence-electron chi connectivity index (χ2n) is 5.25. The highest BCUT2D eigenvalue weighted by Gasteiger charge is 2.23. The molecule has 0 unspecified atom stereocenters. The van der Waals surface area contributed by atoms with E-state index in [1.807, 2.05) is 17.7 Å². The summed E-state index contributed by atoms with van der Waals surface area (Å²) in [5, 5.41) is 21.8. The van der Waals surface area contributed by atoms with E-state index >= 15 is 0 Å². The van der Waals surface area contributed by atoms with Crippen LogP contribution in [0.15, 0.2) is 28.3 Å². The van der Waals surface area contributed by atoms with Gasteiger partial charge in [-0.2, -0.15) is 0 Å². The number of aryl methyl sites for hydroxylation is 1. The molecule has 1 heterocycles. The summed E-state index contributed by atoms with van der Waals surface area (Å²) in [6.07, 6.45) is 4.55. The van der Waals surface area contributed by atoms with Crippen LogP contribution in [-0.4, -0.2) is 31.3 Å². The Morgan fingerprint density at radius 3 is 2.86 bits per heavy atom. The molecule has 1 N–H and O–H groups in total. The summed E-state index contributed by atoms with van der Waals surface area (Å²) in [5.41, 5.74) is 1.30. The number of carboxylic acid groups (broad SMARTS) is 1. The van der Waals surface area contributed by atoms with E-state index in [0.717, 1.165) is 18.4 Å². The van der Waals surface area contributed by atoms with E-state index in [-0.39, 0.29) is 5.56 Å². The lowest BCUT2D eigenvalue weighted by Crippen LogP contribution is -2.08. The number of aromatic carboxylic acids is 1. The van der Waals surface area contributed by atoms with Crippen LogP contribution in [-0.2, 0) is 0 Å². The smallest absolute Gasteiger partial charge is 0.336 e. The van der Waals surface area contributed by atoms with E-state index in [1.54, 1.807) is 12.1 Å². The largest absolute Gasteiger partial charge is 0.478 e. The monoisotopic (exact) mass is 304 g/mol. The fraction of sp³-hybridized carbons (Fsp3) is 0.429. The van der Waals surface area contributed by atoms with Crippen molar-refractivity contribution in [1.29, 1.82) is 0 Å². The summed E-state index contributed by atoms with van der Waals surface area (Å²) >= 11 is 1.32. The van der Waals surface area contributed by atoms with Crippen LogP contribution in [0, 0.1) is 6.92 Å². The average Bonchev–Trinajstić information content (AvgIpc) is 3.08. The molecule has 0 spiro atoms. The van der Waals surface area contributed by atoms with Gasteiger partial charge in [-0.15, -0.1) is 5.10 Å². The zero-order valence-corrected chi connectivity index (χ0v) is 12.5. The number of benzene rings is 1. The lowest BCUT2D eigenvalue weighted by molar-refractivity contribution is 0.0693. The molecule has 1 fully saturated rings. The van der Waals surface area contributed by atoms with Gasteiger partial charge in [0.25, 0.3) is 0 Å². The summed E-state index contributed by atoms with van der Waals surface area (Å²) in [4.78, 5) is 12.0. The molecule has 0 saturated heterocycles. The van der Waals surface area contributed by atoms with Gasteiger partial charge in [0, 0.05) is 4.90 Å². The Morgan fingerprint density at radius 2 is 2.14 bits per heavy atom. The average molecular weight is 304 g/mol. The van der Waals surface area contributed by atoms with Crippen LogP contribution in [0.3, 0.4) is 0 Å². The lowest BCUT2D eigenvalue weighted by Gasteiger charge is -2.11. The van der Waals surface area contributed by atoms with Crippen molar-refractivity contribution in [2.75, 3.05) is 0 Å². The summed E-state index contributed by atoms with van der Waals surface area (Å²) < 4.78 is 1.84. The van der Waals surface area contributed by atoms with E-state index in [4.69, 9.17) is 0 Å². The van der Waals surface area contributed by atoms with Gasteiger partial charge in [0.15, 0.2) is 0 Å². The van der Waals surface area contributed by atoms with E-state index in [0.29, 0.717) is 16.1 Å². The number of nitrogens with zero attached hydrogens (tertiary/aromatic N) is 4. The molecule has 0 radical (unpaired) electrons. The topological polar surface area (TPSA) is 80.9 Å². The lowest BCUT2D eigenvalue weighted by atomic mass is 10.1. The Morgan fingerprint density at radius 1 is 1.38 bits per heavy atom. The normalized spacial score (nSPS) is 15.5. The van der Waals surface area contributed by atoms with Crippen molar-refractivity contribution in [3.8, 4) is 0 Å². The van der Waals surface area contributed by atoms with Crippen LogP contribution in [0.2, 0.25) is 0 Å². The number of hydrogen-bond donors (Lipinski definition) is 1. The Bertz CT molecular complexity index is 665. The van der Waals surface area contributed by atoms with Crippen molar-refractivity contribution in [2.24, 2.45) is 0 Å². The maximum atomic E-state index is 11.3. The molecule has 7 heteroatoms. The third kappa shape index (κ3) is 2.92. The predicted octanol–water partition coefficient (Wildman–Crippen LogP) is 2.95. The minimum Gasteiger partial charge on any atom is -0.478 e. The fourth-order valence-corrected chi connectivity index (χ4v) is 3.68. The highest BCUT2D eigenvalue weighted by molar-refractivity contribution is 7.99. The van der Waals surface area contributed by atoms with Crippen LogP contribution in [0.25, 0.3) is 0 Å². The van der Waals surface area contributed by atoms with Crippen molar-refractivity contribution in [3.63, 3.8) is 0 Å². The fourth-order valence-electron chi connectivity index (χ4n) is 2.62. The molecular formula is C14H16N4O2S. The Labute approximate surface area is 126 Å². The zero-order chi connectivity index (χ0) is 14.8. The van der Waals surface area contributed by atoms with Gasteiger partial charge in [-0.3, -0.25) is 0 Å². The first-order valence-corrected chi connectivity index (χ1v) is 7.76. The van der Waals surface area contributed by atoms with Crippen molar-refractivity contribution in [3.05, 3.63) is 29.3 Å². The minimum absolute atomic E-state index is 0.284. The number of hydrogen-bond acceptors (Lipinski definition) is 5. The summed E-state index contributed by atoms with van der Waals surface area (Å²) in [6.45, 7) is 1.94. The third-order valence-corrected chi connectivity index (χ3v) is 4.71. The minimum atomic E-state index is -0.933. The summed E-state index contributed by atoms with van der Waals surface area (Å²) in [5.74, 6) is -0.933. The molecule has 6 nitrogen and oxygen atoms in total. The third-order valence-electron chi connectivity index (χ3n) is 3.70. The molecule has 0 amide bonds. The van der Waals surface area contributed by atoms with Crippen LogP contribution in [0.1, 0.15) is 47.6 Å². The summed E-state index contributed by atoms with van der Waals surface area (Å²) in [6, 6.07) is 5.62. The summed E-state index contributed by atoms with van der Waals surface area (Å²) in [7, 11) is 0. The first kappa shape index (κ1) is 14.1. The highest BCUT2D eigenvalue weighted by Crippen LogP contribution is 2.35. The van der Waals surface area contributed by atoms with E-state index in [9.17, 15) is 9.90 Å². The van der Waals surface area contributed by atoms with Gasteiger partial charge >= 0.3 is 5.97 Å². The van der Waals surface area contributed by atoms with Gasteiger partial charge in [-0.25, -0.2) is 9.48 Å². The van der Waals surface area contributed by atoms with E-state index < -0.39 is 5.97 Å². The molecule has 21 heavy (non-hydrogen) atoms. The first-order valence-electron chi connectivity index (χ1n) is 6.95. The molecule has 3 rings (SSSR count). The van der Waals surface area contributed by atoms with Crippen molar-refractivity contribution < 1.29 is 9.90 Å². The van der Waals surface area contributed by atoms with E-state index in [1.165, 1.54) is 24.6 Å². The van der Waals surface area contributed by atoms with Crippen LogP contribution < -0.4 is 0 Å². The number of carbonyl (C=O) groups is 1. The SMILES string of the molecule is Cc1ccc(C(=O)O)c(Sc2nnnn2C2CCCC2)c1. The van der Waals surface area contributed by atoms with Crippen LogP contribution in [0.5, 0.6) is 0 Å². The molecule has 1 aromatic heterocycles. The second kappa shape index (κ2) is 5.85. The maximum absolute atomic E-state index is 11.3. The van der Waals surface area contributed by atoms with Crippen molar-refractivity contribution in [1.82, 2.24) is 20.2 Å². The van der Waals surface area contributed by atoms with Gasteiger partial charge < -0.3 is 5.11 Å². The van der Waals surface area contributed by atoms with Gasteiger partial charge in [0.05, 0.1) is 11.6 Å². The van der Waals surface area contributed by atoms with Crippen LogP contribution >= 0.6 is 11.8 Å².